The summed E-state index contributed by atoms with van der Waals surface area (Å²) in [5, 5.41) is 0. The monoisotopic (exact) mass is 427 g/mol. The van der Waals surface area contributed by atoms with Gasteiger partial charge in [-0.15, -0.1) is 0 Å². The lowest BCUT2D eigenvalue weighted by molar-refractivity contribution is -0.151. The van der Waals surface area contributed by atoms with Crippen LogP contribution in [0.2, 0.25) is 0 Å². The fraction of sp³-hybridized carbons (Fsp3) is 0.286. The molecule has 0 amide bonds. The maximum atomic E-state index is 12.6. The van der Waals surface area contributed by atoms with Crippen molar-refractivity contribution in [1.29, 1.82) is 0 Å². The fourth-order valence-corrected chi connectivity index (χ4v) is 4.78. The van der Waals surface area contributed by atoms with Crippen LogP contribution in [-0.2, 0) is 26.2 Å². The summed E-state index contributed by atoms with van der Waals surface area (Å²) < 4.78 is 37.7. The molecule has 0 spiro atoms. The van der Waals surface area contributed by atoms with Crippen molar-refractivity contribution in [2.45, 2.75) is 24.3 Å². The molecule has 1 aliphatic heterocycles. The lowest BCUT2D eigenvalue weighted by atomic mass is 9.98. The van der Waals surface area contributed by atoms with Crippen molar-refractivity contribution in [3.63, 3.8) is 0 Å². The largest absolute Gasteiger partial charge is 0.455 e. The Balaban J connectivity index is 1.29. The minimum atomic E-state index is -3.60. The number of benzene rings is 1. The average molecular weight is 427 g/mol. The van der Waals surface area contributed by atoms with E-state index in [0.717, 1.165) is 5.56 Å². The summed E-state index contributed by atoms with van der Waals surface area (Å²) in [6, 6.07) is 12.6. The standard InChI is InChI=1S/C21H21N3O5S/c25-21(28-15-20-23-14-19(29-20)16-5-2-1-3-6-16)17-8-11-24(12-9-17)30(26,27)18-7-4-10-22-13-18/h1-7,10,13-14,17H,8-9,11-12,15H2. The Morgan fingerprint density at radius 1 is 1.10 bits per heavy atom. The van der Waals surface area contributed by atoms with Crippen LogP contribution in [0.15, 0.2) is 70.4 Å². The van der Waals surface area contributed by atoms with Crippen LogP contribution in [0.4, 0.5) is 0 Å². The van der Waals surface area contributed by atoms with Crippen LogP contribution in [0.1, 0.15) is 18.7 Å². The highest BCUT2D eigenvalue weighted by molar-refractivity contribution is 7.89. The highest BCUT2D eigenvalue weighted by atomic mass is 32.2. The first kappa shape index (κ1) is 20.2. The van der Waals surface area contributed by atoms with Crippen LogP contribution in [0.25, 0.3) is 11.3 Å². The fourth-order valence-electron chi connectivity index (χ4n) is 3.34. The molecule has 3 heterocycles. The molecule has 0 bridgehead atoms. The van der Waals surface area contributed by atoms with E-state index in [1.54, 1.807) is 12.3 Å². The van der Waals surface area contributed by atoms with Gasteiger partial charge in [-0.05, 0) is 25.0 Å². The summed E-state index contributed by atoms with van der Waals surface area (Å²) in [4.78, 5) is 20.6. The quantitative estimate of drug-likeness (QED) is 0.557. The second-order valence-corrected chi connectivity index (χ2v) is 8.90. The molecule has 3 aromatic rings. The summed E-state index contributed by atoms with van der Waals surface area (Å²) in [7, 11) is -3.60. The van der Waals surface area contributed by atoms with Crippen molar-refractivity contribution in [1.82, 2.24) is 14.3 Å². The van der Waals surface area contributed by atoms with E-state index < -0.39 is 10.0 Å². The molecular formula is C21H21N3O5S. The van der Waals surface area contributed by atoms with Crippen molar-refractivity contribution in [3.05, 3.63) is 66.9 Å². The van der Waals surface area contributed by atoms with Gasteiger partial charge < -0.3 is 9.15 Å². The third kappa shape index (κ3) is 4.42. The Kier molecular flexibility index (Phi) is 5.91. The van der Waals surface area contributed by atoms with Gasteiger partial charge in [-0.1, -0.05) is 30.3 Å². The van der Waals surface area contributed by atoms with Gasteiger partial charge in [0.1, 0.15) is 4.90 Å². The van der Waals surface area contributed by atoms with E-state index in [2.05, 4.69) is 9.97 Å². The average Bonchev–Trinajstić information content (AvgIpc) is 3.28. The van der Waals surface area contributed by atoms with Gasteiger partial charge in [0.05, 0.1) is 12.1 Å². The van der Waals surface area contributed by atoms with Gasteiger partial charge >= 0.3 is 5.97 Å². The molecule has 0 radical (unpaired) electrons. The van der Waals surface area contributed by atoms with Crippen LogP contribution in [0, 0.1) is 5.92 Å². The van der Waals surface area contributed by atoms with Gasteiger partial charge in [0.25, 0.3) is 0 Å². The molecule has 8 nitrogen and oxygen atoms in total. The van der Waals surface area contributed by atoms with E-state index in [1.807, 2.05) is 30.3 Å². The number of aromatic nitrogens is 2. The smallest absolute Gasteiger partial charge is 0.309 e. The predicted octanol–water partition coefficient (Wildman–Crippen LogP) is 2.88. The molecular weight excluding hydrogens is 406 g/mol. The Labute approximate surface area is 174 Å². The molecule has 0 aliphatic carbocycles. The summed E-state index contributed by atoms with van der Waals surface area (Å²) in [6.07, 6.45) is 5.26. The van der Waals surface area contributed by atoms with E-state index >= 15 is 0 Å². The van der Waals surface area contributed by atoms with Crippen molar-refractivity contribution in [3.8, 4) is 11.3 Å². The van der Waals surface area contributed by atoms with Gasteiger partial charge in [0.15, 0.2) is 12.4 Å². The van der Waals surface area contributed by atoms with E-state index in [0.29, 0.717) is 24.5 Å². The molecule has 2 aromatic heterocycles. The zero-order valence-electron chi connectivity index (χ0n) is 16.2. The molecule has 1 saturated heterocycles. The van der Waals surface area contributed by atoms with Crippen LogP contribution < -0.4 is 0 Å². The van der Waals surface area contributed by atoms with E-state index in [9.17, 15) is 13.2 Å². The number of pyridine rings is 1. The van der Waals surface area contributed by atoms with Gasteiger partial charge in [0, 0.05) is 31.0 Å². The van der Waals surface area contributed by atoms with Gasteiger partial charge in [-0.3, -0.25) is 9.78 Å². The highest BCUT2D eigenvalue weighted by Crippen LogP contribution is 2.25. The SMILES string of the molecule is O=C(OCc1ncc(-c2ccccc2)o1)C1CCN(S(=O)(=O)c2cccnc2)CC1. The highest BCUT2D eigenvalue weighted by Gasteiger charge is 2.33. The minimum Gasteiger partial charge on any atom is -0.455 e. The Morgan fingerprint density at radius 2 is 1.87 bits per heavy atom. The molecule has 0 unspecified atom stereocenters. The number of carbonyl (C=O) groups is 1. The Bertz CT molecular complexity index is 1090. The predicted molar refractivity (Wildman–Crippen MR) is 107 cm³/mol. The number of carbonyl (C=O) groups excluding carboxylic acids is 1. The number of esters is 1. The molecule has 0 atom stereocenters. The normalized spacial score (nSPS) is 15.7. The summed E-state index contributed by atoms with van der Waals surface area (Å²) >= 11 is 0. The molecule has 1 aliphatic rings. The summed E-state index contributed by atoms with van der Waals surface area (Å²) in [5.41, 5.74) is 0.893. The number of hydrogen-bond donors (Lipinski definition) is 0. The third-order valence-electron chi connectivity index (χ3n) is 5.01. The van der Waals surface area contributed by atoms with Crippen molar-refractivity contribution in [2.75, 3.05) is 13.1 Å². The number of rotatable bonds is 6. The van der Waals surface area contributed by atoms with E-state index in [-0.39, 0.29) is 36.5 Å². The second-order valence-electron chi connectivity index (χ2n) is 6.96. The first-order valence-corrected chi connectivity index (χ1v) is 11.0. The maximum Gasteiger partial charge on any atom is 0.309 e. The lowest BCUT2D eigenvalue weighted by Gasteiger charge is -2.29. The molecule has 0 N–H and O–H groups in total. The number of nitrogens with zero attached hydrogens (tertiary/aromatic N) is 3. The van der Waals surface area contributed by atoms with Crippen LogP contribution >= 0.6 is 0 Å². The van der Waals surface area contributed by atoms with E-state index in [4.69, 9.17) is 9.15 Å². The molecule has 0 saturated carbocycles. The van der Waals surface area contributed by atoms with Crippen molar-refractivity contribution < 1.29 is 22.4 Å². The molecule has 30 heavy (non-hydrogen) atoms. The molecule has 1 fully saturated rings. The number of piperidine rings is 1. The van der Waals surface area contributed by atoms with Crippen LogP contribution in [0.5, 0.6) is 0 Å². The third-order valence-corrected chi connectivity index (χ3v) is 6.89. The molecule has 9 heteroatoms. The number of sulfonamides is 1. The minimum absolute atomic E-state index is 0.0557. The first-order chi connectivity index (χ1) is 14.5. The first-order valence-electron chi connectivity index (χ1n) is 9.61. The summed E-state index contributed by atoms with van der Waals surface area (Å²) in [5.74, 6) is 0.205. The number of ether oxygens (including phenoxy) is 1. The Morgan fingerprint density at radius 3 is 2.57 bits per heavy atom. The second kappa shape index (κ2) is 8.76. The van der Waals surface area contributed by atoms with Crippen molar-refractivity contribution in [2.24, 2.45) is 5.92 Å². The van der Waals surface area contributed by atoms with E-state index in [1.165, 1.54) is 22.8 Å². The van der Waals surface area contributed by atoms with Crippen LogP contribution in [0.3, 0.4) is 0 Å². The van der Waals surface area contributed by atoms with Gasteiger partial charge in [-0.2, -0.15) is 4.31 Å². The molecule has 156 valence electrons. The van der Waals surface area contributed by atoms with Crippen LogP contribution in [-0.4, -0.2) is 41.7 Å². The maximum absolute atomic E-state index is 12.6. The van der Waals surface area contributed by atoms with Gasteiger partial charge in [0.2, 0.25) is 15.9 Å². The topological polar surface area (TPSA) is 103 Å². The Hall–Kier alpha value is -3.04. The number of oxazole rings is 1. The summed E-state index contributed by atoms with van der Waals surface area (Å²) in [6.45, 7) is 0.460. The zero-order chi connectivity index (χ0) is 21.0. The van der Waals surface area contributed by atoms with Crippen molar-refractivity contribution >= 4 is 16.0 Å². The number of hydrogen-bond acceptors (Lipinski definition) is 7. The lowest BCUT2D eigenvalue weighted by Crippen LogP contribution is -2.40. The zero-order valence-corrected chi connectivity index (χ0v) is 17.0. The molecule has 1 aromatic carbocycles. The molecule has 4 rings (SSSR count). The van der Waals surface area contributed by atoms with Gasteiger partial charge in [-0.25, -0.2) is 13.4 Å².